The first kappa shape index (κ1) is 36.2. The molecule has 5 rings (SSSR count). The Kier molecular flexibility index (Phi) is 15.6. The quantitative estimate of drug-likeness (QED) is 0.111. The predicted octanol–water partition coefficient (Wildman–Crippen LogP) is 9.18. The molecule has 0 aliphatic rings. The highest BCUT2D eigenvalue weighted by atomic mass is 35.5. The van der Waals surface area contributed by atoms with Crippen molar-refractivity contribution < 1.29 is 9.21 Å². The van der Waals surface area contributed by atoms with Gasteiger partial charge >= 0.3 is 5.76 Å². The van der Waals surface area contributed by atoms with Crippen LogP contribution in [0.4, 0.5) is 0 Å². The maximum Gasteiger partial charge on any atom is 0.434 e. The van der Waals surface area contributed by atoms with E-state index < -0.39 is 5.76 Å². The number of halogens is 1. The summed E-state index contributed by atoms with van der Waals surface area (Å²) in [5.41, 5.74) is 6.08. The summed E-state index contributed by atoms with van der Waals surface area (Å²) >= 11 is 6.28. The van der Waals surface area contributed by atoms with Crippen LogP contribution in [0.1, 0.15) is 63.5 Å². The lowest BCUT2D eigenvalue weighted by Crippen LogP contribution is -2.19. The molecule has 0 aliphatic carbocycles. The zero-order chi connectivity index (χ0) is 33.2. The summed E-state index contributed by atoms with van der Waals surface area (Å²) < 4.78 is 5.16. The minimum absolute atomic E-state index is 0.170. The Morgan fingerprint density at radius 2 is 1.62 bits per heavy atom. The van der Waals surface area contributed by atoms with E-state index in [0.29, 0.717) is 16.4 Å². The Morgan fingerprint density at radius 1 is 0.978 bits per heavy atom. The van der Waals surface area contributed by atoms with Gasteiger partial charge in [-0.2, -0.15) is 0 Å². The fourth-order valence-corrected chi connectivity index (χ4v) is 4.57. The number of carbonyl (C=O) groups excluding carboxylic acids is 1. The molecule has 0 fully saturated rings. The molecule has 236 valence electrons. The molecule has 9 heteroatoms. The van der Waals surface area contributed by atoms with Gasteiger partial charge in [-0.05, 0) is 67.3 Å². The minimum atomic E-state index is -0.608. The Morgan fingerprint density at radius 3 is 2.18 bits per heavy atom. The number of aryl methyl sites for hydroxylation is 1. The molecule has 0 spiro atoms. The van der Waals surface area contributed by atoms with Gasteiger partial charge in [0.05, 0.1) is 11.7 Å². The molecule has 0 bridgehead atoms. The standard InChI is InChI=1S/C20H15ClN4O2.C11H15NO.C3H6.C2H6/c1-3-17-11(2)22-18(23-17)14-9-8-12(21)10-16(14)13-6-4-5-7-15(13)19-24-25-20(26)27-19;1-2-6-11(12-9-13)10-7-4-3-5-8-10;1-3-2;1-2/h3-10H,1H2,2H3,(H,22,23)(H,25,26);3-5,7-9,11H,2,6H2,1H3,(H,12,13);3H,1H2,2H3;1-2H3/t;11-;;/m.1../s1. The van der Waals surface area contributed by atoms with Crippen molar-refractivity contribution in [1.82, 2.24) is 25.5 Å². The SMILES string of the molecule is C=CC.C=Cc1nc(-c2ccc(Cl)cc2-c2ccccc2-c2n[nH]c(=O)o2)[nH]c1C.CC.CCC[C@@H](NC=O)c1ccccc1. The van der Waals surface area contributed by atoms with Crippen molar-refractivity contribution in [1.29, 1.82) is 0 Å². The number of nitrogens with zero attached hydrogens (tertiary/aromatic N) is 2. The number of hydrogen-bond acceptors (Lipinski definition) is 5. The summed E-state index contributed by atoms with van der Waals surface area (Å²) in [7, 11) is 0. The lowest BCUT2D eigenvalue weighted by Gasteiger charge is -2.14. The van der Waals surface area contributed by atoms with Gasteiger partial charge in [0.25, 0.3) is 0 Å². The van der Waals surface area contributed by atoms with Gasteiger partial charge in [-0.1, -0.05) is 100.0 Å². The van der Waals surface area contributed by atoms with E-state index in [-0.39, 0.29) is 11.9 Å². The maximum atomic E-state index is 11.4. The third kappa shape index (κ3) is 10.3. The summed E-state index contributed by atoms with van der Waals surface area (Å²) in [6, 6.07) is 23.3. The normalized spacial score (nSPS) is 10.4. The molecule has 3 aromatic carbocycles. The third-order valence-electron chi connectivity index (χ3n) is 6.29. The van der Waals surface area contributed by atoms with Crippen LogP contribution in [0.15, 0.2) is 101 Å². The summed E-state index contributed by atoms with van der Waals surface area (Å²) in [5.74, 6) is 0.305. The van der Waals surface area contributed by atoms with Crippen LogP contribution in [0.5, 0.6) is 0 Å². The average molecular weight is 628 g/mol. The topological polar surface area (TPSA) is 117 Å². The van der Waals surface area contributed by atoms with Crippen LogP contribution in [0, 0.1) is 6.92 Å². The highest BCUT2D eigenvalue weighted by molar-refractivity contribution is 6.31. The van der Waals surface area contributed by atoms with Crippen LogP contribution in [-0.2, 0) is 4.79 Å². The Labute approximate surface area is 270 Å². The van der Waals surface area contributed by atoms with Gasteiger partial charge < -0.3 is 14.7 Å². The average Bonchev–Trinajstić information content (AvgIpc) is 3.67. The van der Waals surface area contributed by atoms with Gasteiger partial charge in [0.2, 0.25) is 12.3 Å². The van der Waals surface area contributed by atoms with E-state index in [1.54, 1.807) is 12.2 Å². The number of nitrogens with one attached hydrogen (secondary N) is 3. The van der Waals surface area contributed by atoms with Gasteiger partial charge in [0.15, 0.2) is 0 Å². The Balaban J connectivity index is 0.000000329. The molecule has 0 aliphatic heterocycles. The number of aromatic nitrogens is 4. The number of H-pyrrole nitrogens is 2. The highest BCUT2D eigenvalue weighted by Gasteiger charge is 2.18. The second-order valence-corrected chi connectivity index (χ2v) is 9.83. The van der Waals surface area contributed by atoms with Crippen LogP contribution in [0.25, 0.3) is 40.0 Å². The van der Waals surface area contributed by atoms with Crippen molar-refractivity contribution >= 4 is 24.1 Å². The number of aromatic amines is 2. The number of allylic oxidation sites excluding steroid dienone is 1. The molecule has 5 aromatic rings. The number of amides is 1. The fourth-order valence-electron chi connectivity index (χ4n) is 4.40. The Hall–Kier alpha value is -4.95. The van der Waals surface area contributed by atoms with Crippen LogP contribution in [0.3, 0.4) is 0 Å². The van der Waals surface area contributed by atoms with Gasteiger partial charge in [0, 0.05) is 21.8 Å². The second kappa shape index (κ2) is 19.4. The van der Waals surface area contributed by atoms with Gasteiger partial charge in [0.1, 0.15) is 5.82 Å². The van der Waals surface area contributed by atoms with Crippen LogP contribution in [0.2, 0.25) is 5.02 Å². The smallest absolute Gasteiger partial charge is 0.388 e. The predicted molar refractivity (Wildman–Crippen MR) is 186 cm³/mol. The lowest BCUT2D eigenvalue weighted by atomic mass is 9.95. The lowest BCUT2D eigenvalue weighted by molar-refractivity contribution is -0.110. The van der Waals surface area contributed by atoms with Gasteiger partial charge in [-0.3, -0.25) is 4.79 Å². The molecular formula is C36H42ClN5O3. The van der Waals surface area contributed by atoms with E-state index >= 15 is 0 Å². The van der Waals surface area contributed by atoms with Gasteiger partial charge in [-0.25, -0.2) is 14.9 Å². The van der Waals surface area contributed by atoms with E-state index in [2.05, 4.69) is 45.6 Å². The van der Waals surface area contributed by atoms with Crippen molar-refractivity contribution in [3.05, 3.63) is 125 Å². The summed E-state index contributed by atoms with van der Waals surface area (Å²) in [6.07, 6.45) is 6.29. The molecule has 2 heterocycles. The molecule has 0 unspecified atom stereocenters. The molecule has 1 atom stereocenters. The first-order valence-corrected chi connectivity index (χ1v) is 15.2. The monoisotopic (exact) mass is 627 g/mol. The van der Waals surface area contributed by atoms with E-state index in [0.717, 1.165) is 47.3 Å². The maximum absolute atomic E-state index is 11.4. The third-order valence-corrected chi connectivity index (χ3v) is 6.52. The second-order valence-electron chi connectivity index (χ2n) is 9.40. The van der Waals surface area contributed by atoms with E-state index in [1.807, 2.05) is 100 Å². The molecule has 0 saturated carbocycles. The number of carbonyl (C=O) groups is 1. The minimum Gasteiger partial charge on any atom is -0.388 e. The number of benzene rings is 3. The van der Waals surface area contributed by atoms with Gasteiger partial charge in [-0.15, -0.1) is 11.7 Å². The number of hydrogen-bond donors (Lipinski definition) is 3. The van der Waals surface area contributed by atoms with Crippen molar-refractivity contribution in [3.8, 4) is 34.0 Å². The van der Waals surface area contributed by atoms with E-state index in [1.165, 1.54) is 5.56 Å². The molecule has 8 nitrogen and oxygen atoms in total. The van der Waals surface area contributed by atoms with Crippen molar-refractivity contribution in [2.45, 2.75) is 53.5 Å². The zero-order valence-corrected chi connectivity index (χ0v) is 27.3. The molecule has 0 radical (unpaired) electrons. The molecule has 3 N–H and O–H groups in total. The molecule has 0 saturated heterocycles. The van der Waals surface area contributed by atoms with Crippen molar-refractivity contribution in [2.24, 2.45) is 0 Å². The fraction of sp³-hybridized carbons (Fsp3) is 0.222. The molecule has 1 amide bonds. The largest absolute Gasteiger partial charge is 0.434 e. The summed E-state index contributed by atoms with van der Waals surface area (Å²) in [5, 5.41) is 9.65. The molecule has 2 aromatic heterocycles. The van der Waals surface area contributed by atoms with Crippen molar-refractivity contribution in [3.63, 3.8) is 0 Å². The van der Waals surface area contributed by atoms with Crippen LogP contribution >= 0.6 is 11.6 Å². The van der Waals surface area contributed by atoms with E-state index in [9.17, 15) is 9.59 Å². The molecular weight excluding hydrogens is 586 g/mol. The zero-order valence-electron chi connectivity index (χ0n) is 26.6. The Bertz CT molecular complexity index is 1690. The van der Waals surface area contributed by atoms with Crippen LogP contribution < -0.4 is 11.1 Å². The van der Waals surface area contributed by atoms with Crippen LogP contribution in [-0.4, -0.2) is 26.6 Å². The summed E-state index contributed by atoms with van der Waals surface area (Å²) in [4.78, 5) is 29.6. The number of rotatable bonds is 9. The summed E-state index contributed by atoms with van der Waals surface area (Å²) in [6.45, 7) is 17.1. The first-order valence-electron chi connectivity index (χ1n) is 14.8. The van der Waals surface area contributed by atoms with Crippen molar-refractivity contribution in [2.75, 3.05) is 0 Å². The van der Waals surface area contributed by atoms with E-state index in [4.69, 9.17) is 16.0 Å². The highest BCUT2D eigenvalue weighted by Crippen LogP contribution is 2.38. The first-order chi connectivity index (χ1) is 21.9. The number of imidazole rings is 1. The molecule has 45 heavy (non-hydrogen) atoms.